The Morgan fingerprint density at radius 1 is 0.391 bits per heavy atom. The Labute approximate surface area is 367 Å². The maximum Gasteiger partial charge on any atom is 0.164 e. The molecule has 2 aliphatic rings. The molecule has 4 heterocycles. The van der Waals surface area contributed by atoms with Crippen LogP contribution >= 0.6 is 0 Å². The third kappa shape index (κ3) is 4.76. The smallest absolute Gasteiger partial charge is 0.164 e. The van der Waals surface area contributed by atoms with Crippen LogP contribution in [-0.4, -0.2) is 19.5 Å². The van der Waals surface area contributed by atoms with E-state index in [0.717, 1.165) is 94.7 Å². The summed E-state index contributed by atoms with van der Waals surface area (Å²) >= 11 is 0. The van der Waals surface area contributed by atoms with Gasteiger partial charge in [-0.05, 0) is 76.9 Å². The summed E-state index contributed by atoms with van der Waals surface area (Å²) in [7, 11) is 0. The molecular weight excluding hydrogens is 785 g/mol. The largest absolute Gasteiger partial charge is 0.457 e. The van der Waals surface area contributed by atoms with Crippen molar-refractivity contribution in [2.45, 2.75) is 5.41 Å². The van der Waals surface area contributed by atoms with Crippen LogP contribution in [0.4, 0.5) is 0 Å². The maximum absolute atomic E-state index is 6.78. The minimum absolute atomic E-state index is 0.578. The Balaban J connectivity index is 1.12. The molecule has 6 nitrogen and oxygen atoms in total. The highest BCUT2D eigenvalue weighted by Gasteiger charge is 2.52. The van der Waals surface area contributed by atoms with E-state index in [0.29, 0.717) is 17.5 Å². The van der Waals surface area contributed by atoms with E-state index < -0.39 is 5.41 Å². The van der Waals surface area contributed by atoms with Gasteiger partial charge >= 0.3 is 0 Å². The summed E-state index contributed by atoms with van der Waals surface area (Å²) in [6.07, 6.45) is 0. The van der Waals surface area contributed by atoms with Crippen LogP contribution in [0.1, 0.15) is 22.3 Å². The Morgan fingerprint density at radius 2 is 0.984 bits per heavy atom. The molecule has 0 atom stereocenters. The van der Waals surface area contributed by atoms with Crippen molar-refractivity contribution in [3.63, 3.8) is 0 Å². The number of ether oxygens (including phenoxy) is 1. The van der Waals surface area contributed by atoms with Crippen molar-refractivity contribution in [2.75, 3.05) is 0 Å². The Bertz CT molecular complexity index is 3840. The van der Waals surface area contributed by atoms with Crippen molar-refractivity contribution in [2.24, 2.45) is 0 Å². The van der Waals surface area contributed by atoms with Crippen molar-refractivity contribution in [3.8, 4) is 62.5 Å². The quantitative estimate of drug-likeness (QED) is 0.177. The first-order chi connectivity index (χ1) is 31.7. The molecule has 12 aromatic rings. The lowest BCUT2D eigenvalue weighted by Crippen LogP contribution is -2.32. The van der Waals surface area contributed by atoms with Gasteiger partial charge in [0.05, 0.1) is 16.4 Å². The fourth-order valence-corrected chi connectivity index (χ4v) is 10.7. The topological polar surface area (TPSA) is 66.0 Å². The summed E-state index contributed by atoms with van der Waals surface area (Å²) in [6, 6.07) is 72.4. The molecule has 0 N–H and O–H groups in total. The number of para-hydroxylation sites is 5. The molecule has 14 rings (SSSR count). The number of hydrogen-bond acceptors (Lipinski definition) is 5. The molecule has 0 bridgehead atoms. The summed E-state index contributed by atoms with van der Waals surface area (Å²) in [5.74, 6) is 3.44. The molecule has 0 amide bonds. The first-order valence-electron chi connectivity index (χ1n) is 21.6. The molecule has 3 aromatic heterocycles. The van der Waals surface area contributed by atoms with Crippen LogP contribution in [-0.2, 0) is 5.41 Å². The normalized spacial score (nSPS) is 13.2. The lowest BCUT2D eigenvalue weighted by molar-refractivity contribution is 0.436. The number of benzene rings is 9. The van der Waals surface area contributed by atoms with Crippen LogP contribution in [0.3, 0.4) is 0 Å². The Morgan fingerprint density at radius 3 is 1.78 bits per heavy atom. The Hall–Kier alpha value is -8.61. The predicted molar refractivity (Wildman–Crippen MR) is 255 cm³/mol. The predicted octanol–water partition coefficient (Wildman–Crippen LogP) is 14.3. The summed E-state index contributed by atoms with van der Waals surface area (Å²) in [5.41, 5.74) is 13.7. The summed E-state index contributed by atoms with van der Waals surface area (Å²) in [5, 5.41) is 4.35. The highest BCUT2D eigenvalue weighted by atomic mass is 16.5. The van der Waals surface area contributed by atoms with Crippen LogP contribution in [0, 0.1) is 0 Å². The fraction of sp³-hybridized carbons (Fsp3) is 0.0172. The van der Waals surface area contributed by atoms with Gasteiger partial charge in [0, 0.05) is 55.0 Å². The van der Waals surface area contributed by atoms with Gasteiger partial charge in [0.2, 0.25) is 0 Å². The Kier molecular flexibility index (Phi) is 7.22. The fourth-order valence-electron chi connectivity index (χ4n) is 10.7. The van der Waals surface area contributed by atoms with E-state index in [2.05, 4.69) is 162 Å². The first-order valence-corrected chi connectivity index (χ1v) is 21.6. The van der Waals surface area contributed by atoms with Crippen molar-refractivity contribution in [3.05, 3.63) is 229 Å². The van der Waals surface area contributed by atoms with Crippen LogP contribution in [0.5, 0.6) is 11.5 Å². The van der Waals surface area contributed by atoms with Gasteiger partial charge in [-0.2, -0.15) is 0 Å². The van der Waals surface area contributed by atoms with E-state index in [4.69, 9.17) is 24.1 Å². The van der Waals surface area contributed by atoms with E-state index in [1.165, 1.54) is 16.3 Å². The highest BCUT2D eigenvalue weighted by Crippen LogP contribution is 2.64. The first kappa shape index (κ1) is 35.0. The van der Waals surface area contributed by atoms with Crippen molar-refractivity contribution in [1.29, 1.82) is 0 Å². The molecule has 9 aromatic carbocycles. The molecule has 298 valence electrons. The van der Waals surface area contributed by atoms with Gasteiger partial charge in [-0.15, -0.1) is 0 Å². The molecule has 1 aliphatic carbocycles. The molecule has 0 saturated carbocycles. The zero-order valence-corrected chi connectivity index (χ0v) is 34.2. The van der Waals surface area contributed by atoms with Crippen LogP contribution in [0.15, 0.2) is 211 Å². The van der Waals surface area contributed by atoms with Gasteiger partial charge in [0.1, 0.15) is 22.7 Å². The van der Waals surface area contributed by atoms with Gasteiger partial charge < -0.3 is 13.7 Å². The molecule has 1 spiro atoms. The summed E-state index contributed by atoms with van der Waals surface area (Å²) < 4.78 is 15.6. The van der Waals surface area contributed by atoms with Crippen molar-refractivity contribution < 1.29 is 9.15 Å². The van der Waals surface area contributed by atoms with E-state index >= 15 is 0 Å². The molecule has 0 radical (unpaired) electrons. The van der Waals surface area contributed by atoms with Gasteiger partial charge in [-0.25, -0.2) is 15.0 Å². The van der Waals surface area contributed by atoms with Crippen molar-refractivity contribution in [1.82, 2.24) is 19.5 Å². The van der Waals surface area contributed by atoms with Crippen LogP contribution in [0.25, 0.3) is 94.7 Å². The van der Waals surface area contributed by atoms with E-state index in [-0.39, 0.29) is 0 Å². The molecule has 0 unspecified atom stereocenters. The molecular formula is C58H34N4O2. The third-order valence-electron chi connectivity index (χ3n) is 13.3. The lowest BCUT2D eigenvalue weighted by Gasteiger charge is -2.39. The molecule has 6 heteroatoms. The maximum atomic E-state index is 6.78. The monoisotopic (exact) mass is 818 g/mol. The second-order valence-corrected chi connectivity index (χ2v) is 16.6. The minimum atomic E-state index is -0.738. The number of rotatable bonds is 4. The molecule has 0 saturated heterocycles. The highest BCUT2D eigenvalue weighted by molar-refractivity contribution is 6.14. The van der Waals surface area contributed by atoms with Gasteiger partial charge in [-0.1, -0.05) is 152 Å². The molecule has 64 heavy (non-hydrogen) atoms. The standard InChI is InChI=1S/C58H34N4O2/c1-3-17-35(18-4-1)55-59-56(61-57(60-55)40-24-16-32-52-54(40)38-22-8-12-29-49(38)63-52)39-23-15-27-45-53(39)42-33-41-37-21-7-11-28-47(37)62(36-19-5-2-6-20-36)48(41)34-46(42)58(45)43-25-9-13-30-50(43)64-51-31-14-10-26-44(51)58/h1-34H. The average molecular weight is 819 g/mol. The van der Waals surface area contributed by atoms with Gasteiger partial charge in [0.15, 0.2) is 17.5 Å². The SMILES string of the molecule is c1ccc(-c2nc(-c3cccc4c3-c3cc5c6ccccc6n(-c6ccccc6)c5cc3C43c4ccccc4Oc4ccccc43)nc(-c3cccc4oc5ccccc5c34)n2)cc1. The summed E-state index contributed by atoms with van der Waals surface area (Å²) in [4.78, 5) is 16.1. The zero-order chi connectivity index (χ0) is 41.9. The number of furan rings is 1. The lowest BCUT2D eigenvalue weighted by atomic mass is 9.66. The van der Waals surface area contributed by atoms with Crippen molar-refractivity contribution >= 4 is 43.7 Å². The zero-order valence-electron chi connectivity index (χ0n) is 34.2. The second-order valence-electron chi connectivity index (χ2n) is 16.6. The second kappa shape index (κ2) is 13.2. The minimum Gasteiger partial charge on any atom is -0.457 e. The number of fused-ring (bicyclic) bond motifs is 15. The van der Waals surface area contributed by atoms with Gasteiger partial charge in [0.25, 0.3) is 0 Å². The molecule has 0 fully saturated rings. The van der Waals surface area contributed by atoms with Crippen LogP contribution in [0.2, 0.25) is 0 Å². The van der Waals surface area contributed by atoms with E-state index in [9.17, 15) is 0 Å². The van der Waals surface area contributed by atoms with Gasteiger partial charge in [-0.3, -0.25) is 0 Å². The van der Waals surface area contributed by atoms with Crippen LogP contribution < -0.4 is 4.74 Å². The molecule has 1 aliphatic heterocycles. The number of aromatic nitrogens is 4. The van der Waals surface area contributed by atoms with E-state index in [1.807, 2.05) is 48.5 Å². The average Bonchev–Trinajstić information content (AvgIpc) is 4.00. The van der Waals surface area contributed by atoms with E-state index in [1.54, 1.807) is 0 Å². The number of hydrogen-bond donors (Lipinski definition) is 0. The summed E-state index contributed by atoms with van der Waals surface area (Å²) in [6.45, 7) is 0. The third-order valence-corrected chi connectivity index (χ3v) is 13.3. The number of nitrogens with zero attached hydrogens (tertiary/aromatic N) is 4.